The molecule has 4 aromatic carbocycles. The molecule has 0 spiro atoms. The second-order valence-electron chi connectivity index (χ2n) is 13.9. The number of benzene rings is 4. The number of aryl methyl sites for hydroxylation is 1. The number of imide groups is 2. The van der Waals surface area contributed by atoms with E-state index < -0.39 is 52.7 Å². The number of phenolic OH excluding ortho intramolecular Hbond substituents is 1. The lowest BCUT2D eigenvalue weighted by Crippen LogP contribution is -2.53. The first-order valence-electron chi connectivity index (χ1n) is 16.9. The van der Waals surface area contributed by atoms with E-state index in [4.69, 9.17) is 39.5 Å². The standard InChI is InChI=1S/C40H31BrCl3N3O6/c1-19-3-8-23(17-30(19)43)46-36(49)26-12-11-25-27(34(26)38(46)51)18-29-37(50)47(45-32-13-7-22(42)16-31(32)44)39(52)40(29,20-4-9-24(53-2)10-5-20)35(25)28-15-21(41)6-14-33(28)48/h3-11,13-17,26-27,29,34-35,45,48H,12,18H2,1-2H3/t26-,27+,29-,34-,35+,40+/m0/s1. The molecule has 0 bridgehead atoms. The van der Waals surface area contributed by atoms with Gasteiger partial charge in [-0.05, 0) is 97.5 Å². The number of methoxy groups -OCH3 is 1. The van der Waals surface area contributed by atoms with E-state index in [1.807, 2.05) is 13.0 Å². The topological polar surface area (TPSA) is 116 Å². The molecule has 2 aliphatic heterocycles. The summed E-state index contributed by atoms with van der Waals surface area (Å²) in [6.07, 6.45) is 2.22. The Bertz CT molecular complexity index is 2280. The quantitative estimate of drug-likeness (QED) is 0.148. The smallest absolute Gasteiger partial charge is 0.260 e. The molecule has 2 aliphatic carbocycles. The van der Waals surface area contributed by atoms with Crippen LogP contribution in [0.2, 0.25) is 15.1 Å². The molecular weight excluding hydrogens is 805 g/mol. The predicted octanol–water partition coefficient (Wildman–Crippen LogP) is 8.62. The molecule has 8 rings (SSSR count). The van der Waals surface area contributed by atoms with E-state index in [1.54, 1.807) is 66.7 Å². The third kappa shape index (κ3) is 5.40. The molecule has 9 nitrogen and oxygen atoms in total. The number of nitrogens with zero attached hydrogens (tertiary/aromatic N) is 2. The summed E-state index contributed by atoms with van der Waals surface area (Å²) in [7, 11) is 1.53. The van der Waals surface area contributed by atoms with Gasteiger partial charge in [-0.2, -0.15) is 5.01 Å². The number of rotatable bonds is 6. The average molecular weight is 836 g/mol. The van der Waals surface area contributed by atoms with Gasteiger partial charge in [-0.3, -0.25) is 24.6 Å². The van der Waals surface area contributed by atoms with Crippen molar-refractivity contribution in [3.8, 4) is 11.5 Å². The third-order valence-corrected chi connectivity index (χ3v) is 12.7. The maximum absolute atomic E-state index is 15.4. The maximum Gasteiger partial charge on any atom is 0.260 e. The lowest BCUT2D eigenvalue weighted by Gasteiger charge is -2.50. The normalized spacial score (nSPS) is 26.3. The number of aromatic hydroxyl groups is 1. The molecule has 2 N–H and O–H groups in total. The van der Waals surface area contributed by atoms with Gasteiger partial charge in [0.05, 0.1) is 46.7 Å². The highest BCUT2D eigenvalue weighted by Crippen LogP contribution is 2.65. The van der Waals surface area contributed by atoms with Crippen LogP contribution in [0.25, 0.3) is 0 Å². The van der Waals surface area contributed by atoms with Gasteiger partial charge >= 0.3 is 0 Å². The van der Waals surface area contributed by atoms with Gasteiger partial charge in [0.2, 0.25) is 11.8 Å². The second-order valence-corrected chi connectivity index (χ2v) is 16.0. The number of halogens is 4. The maximum atomic E-state index is 15.4. The van der Waals surface area contributed by atoms with Gasteiger partial charge in [-0.15, -0.1) is 0 Å². The summed E-state index contributed by atoms with van der Waals surface area (Å²) in [4.78, 5) is 60.1. The van der Waals surface area contributed by atoms with E-state index in [0.29, 0.717) is 42.7 Å². The van der Waals surface area contributed by atoms with Crippen LogP contribution >= 0.6 is 50.7 Å². The van der Waals surface area contributed by atoms with E-state index in [0.717, 1.165) is 10.6 Å². The van der Waals surface area contributed by atoms with Crippen molar-refractivity contribution in [2.45, 2.75) is 31.1 Å². The number of ether oxygens (including phenoxy) is 1. The lowest BCUT2D eigenvalue weighted by molar-refractivity contribution is -0.138. The summed E-state index contributed by atoms with van der Waals surface area (Å²) < 4.78 is 6.09. The van der Waals surface area contributed by atoms with Crippen LogP contribution in [0.1, 0.15) is 35.4 Å². The Balaban J connectivity index is 1.34. The van der Waals surface area contributed by atoms with Crippen molar-refractivity contribution in [2.75, 3.05) is 17.4 Å². The van der Waals surface area contributed by atoms with Crippen molar-refractivity contribution in [1.29, 1.82) is 0 Å². The van der Waals surface area contributed by atoms with Crippen LogP contribution in [0, 0.1) is 30.6 Å². The molecule has 1 saturated carbocycles. The van der Waals surface area contributed by atoms with Crippen LogP contribution in [0.5, 0.6) is 11.5 Å². The minimum Gasteiger partial charge on any atom is -0.508 e. The number of carbonyl (C=O) groups excluding carboxylic acids is 4. The Morgan fingerprint density at radius 2 is 1.62 bits per heavy atom. The summed E-state index contributed by atoms with van der Waals surface area (Å²) in [5, 5.41) is 13.6. The number of anilines is 2. The number of hydrogen-bond acceptors (Lipinski definition) is 7. The minimum absolute atomic E-state index is 0.0723. The molecule has 3 fully saturated rings. The van der Waals surface area contributed by atoms with E-state index in [2.05, 4.69) is 21.4 Å². The zero-order valence-electron chi connectivity index (χ0n) is 28.3. The van der Waals surface area contributed by atoms with Gasteiger partial charge in [0.1, 0.15) is 11.5 Å². The third-order valence-electron chi connectivity index (χ3n) is 11.3. The first kappa shape index (κ1) is 35.7. The van der Waals surface area contributed by atoms with Crippen LogP contribution in [-0.2, 0) is 24.6 Å². The summed E-state index contributed by atoms with van der Waals surface area (Å²) in [6, 6.07) is 21.7. The van der Waals surface area contributed by atoms with Gasteiger partial charge in [-0.1, -0.05) is 80.6 Å². The van der Waals surface area contributed by atoms with Crippen molar-refractivity contribution in [3.05, 3.63) is 127 Å². The van der Waals surface area contributed by atoms with Crippen LogP contribution < -0.4 is 15.1 Å². The molecule has 53 heavy (non-hydrogen) atoms. The molecule has 2 saturated heterocycles. The summed E-state index contributed by atoms with van der Waals surface area (Å²) in [5.41, 5.74) is 4.43. The summed E-state index contributed by atoms with van der Waals surface area (Å²) in [5.74, 6) is -5.55. The Kier molecular flexibility index (Phi) is 8.88. The van der Waals surface area contributed by atoms with Crippen molar-refractivity contribution >= 4 is 85.7 Å². The monoisotopic (exact) mass is 833 g/mol. The van der Waals surface area contributed by atoms with Gasteiger partial charge in [0.25, 0.3) is 11.8 Å². The lowest BCUT2D eigenvalue weighted by atomic mass is 9.49. The number of nitrogens with one attached hydrogen (secondary N) is 1. The largest absolute Gasteiger partial charge is 0.508 e. The van der Waals surface area contributed by atoms with E-state index in [-0.39, 0.29) is 35.2 Å². The average Bonchev–Trinajstić information content (AvgIpc) is 3.52. The fourth-order valence-corrected chi connectivity index (χ4v) is 9.92. The molecule has 270 valence electrons. The van der Waals surface area contributed by atoms with Gasteiger partial charge in [0, 0.05) is 26.0 Å². The Morgan fingerprint density at radius 3 is 2.32 bits per heavy atom. The Morgan fingerprint density at radius 1 is 0.868 bits per heavy atom. The zero-order chi connectivity index (χ0) is 37.5. The highest BCUT2D eigenvalue weighted by molar-refractivity contribution is 9.10. The number of hydrazine groups is 1. The van der Waals surface area contributed by atoms with Crippen molar-refractivity contribution in [2.24, 2.45) is 23.7 Å². The van der Waals surface area contributed by atoms with Gasteiger partial charge in [0.15, 0.2) is 0 Å². The Labute approximate surface area is 328 Å². The molecular formula is C40H31BrCl3N3O6. The summed E-state index contributed by atoms with van der Waals surface area (Å²) >= 11 is 22.7. The van der Waals surface area contributed by atoms with Gasteiger partial charge in [-0.25, -0.2) is 4.90 Å². The molecule has 6 atom stereocenters. The van der Waals surface area contributed by atoms with Crippen molar-refractivity contribution < 1.29 is 29.0 Å². The first-order valence-corrected chi connectivity index (χ1v) is 18.9. The van der Waals surface area contributed by atoms with E-state index in [1.165, 1.54) is 24.1 Å². The molecule has 4 amide bonds. The zero-order valence-corrected chi connectivity index (χ0v) is 32.1. The molecule has 0 aromatic heterocycles. The number of amides is 4. The van der Waals surface area contributed by atoms with Crippen LogP contribution in [0.3, 0.4) is 0 Å². The first-order chi connectivity index (χ1) is 25.4. The minimum atomic E-state index is -1.61. The highest BCUT2D eigenvalue weighted by Gasteiger charge is 2.70. The fourth-order valence-electron chi connectivity index (χ4n) is 8.92. The van der Waals surface area contributed by atoms with E-state index >= 15 is 4.79 Å². The van der Waals surface area contributed by atoms with Crippen LogP contribution in [0.4, 0.5) is 11.4 Å². The molecule has 13 heteroatoms. The number of hydrogen-bond donors (Lipinski definition) is 2. The van der Waals surface area contributed by atoms with Gasteiger partial charge < -0.3 is 9.84 Å². The number of allylic oxidation sites excluding steroid dienone is 2. The van der Waals surface area contributed by atoms with Crippen molar-refractivity contribution in [1.82, 2.24) is 5.01 Å². The fraction of sp³-hybridized carbons (Fsp3) is 0.250. The number of phenols is 1. The highest BCUT2D eigenvalue weighted by atomic mass is 79.9. The van der Waals surface area contributed by atoms with Crippen molar-refractivity contribution in [3.63, 3.8) is 0 Å². The Hall–Kier alpha value is -4.35. The molecule has 4 aromatic rings. The predicted molar refractivity (Wildman–Crippen MR) is 205 cm³/mol. The summed E-state index contributed by atoms with van der Waals surface area (Å²) in [6.45, 7) is 1.84. The number of carbonyl (C=O) groups is 4. The molecule has 0 unspecified atom stereocenters. The number of fused-ring (bicyclic) bond motifs is 4. The molecule has 4 aliphatic rings. The molecule has 2 heterocycles. The SMILES string of the molecule is COc1ccc([C@@]23C(=O)N(Nc4ccc(Cl)cc4Cl)C(=O)[C@@H]2C[C@@H]2C(=CC[C@@H]4C(=O)N(c5ccc(C)c(Cl)c5)C(=O)[C@@H]42)[C@@H]3c2cc(Br)ccc2O)cc1. The van der Waals surface area contributed by atoms with E-state index in [9.17, 15) is 19.5 Å². The second kappa shape index (κ2) is 13.2. The molecule has 0 radical (unpaired) electrons. The van der Waals surface area contributed by atoms with Crippen LogP contribution in [-0.4, -0.2) is 40.9 Å². The van der Waals surface area contributed by atoms with Crippen LogP contribution in [0.15, 0.2) is 95.0 Å².